The number of alkyl halides is 2. The summed E-state index contributed by atoms with van der Waals surface area (Å²) in [4.78, 5) is 0. The summed E-state index contributed by atoms with van der Waals surface area (Å²) in [6.07, 6.45) is -1.92. The average molecular weight is 237 g/mol. The van der Waals surface area contributed by atoms with Crippen molar-refractivity contribution in [3.8, 4) is 0 Å². The fourth-order valence-corrected chi connectivity index (χ4v) is 1.66. The minimum absolute atomic E-state index is 0.141. The van der Waals surface area contributed by atoms with Crippen molar-refractivity contribution >= 4 is 11.3 Å². The summed E-state index contributed by atoms with van der Waals surface area (Å²) in [6, 6.07) is -0.141. The predicted octanol–water partition coefficient (Wildman–Crippen LogP) is 1.38. The van der Waals surface area contributed by atoms with Crippen molar-refractivity contribution in [3.63, 3.8) is 0 Å². The van der Waals surface area contributed by atoms with Crippen molar-refractivity contribution < 1.29 is 13.5 Å². The smallest absolute Gasteiger partial charge is 0.261 e. The van der Waals surface area contributed by atoms with Crippen LogP contribution in [0.25, 0.3) is 0 Å². The maximum absolute atomic E-state index is 11.7. The maximum atomic E-state index is 11.7. The normalized spacial score (nSPS) is 13.4. The highest BCUT2D eigenvalue weighted by atomic mass is 32.1. The fraction of sp³-hybridized carbons (Fsp3) is 0.750. The molecule has 1 rings (SSSR count). The maximum Gasteiger partial charge on any atom is 0.261 e. The van der Waals surface area contributed by atoms with E-state index >= 15 is 0 Å². The molecule has 0 radical (unpaired) electrons. The Labute approximate surface area is 90.5 Å². The lowest BCUT2D eigenvalue weighted by atomic mass is 10.4. The molecule has 1 atom stereocenters. The van der Waals surface area contributed by atoms with Crippen LogP contribution in [0.3, 0.4) is 0 Å². The lowest BCUT2D eigenvalue weighted by Crippen LogP contribution is -2.06. The molecular weight excluding hydrogens is 224 g/mol. The summed E-state index contributed by atoms with van der Waals surface area (Å²) in [5.41, 5.74) is 5.60. The Kier molecular flexibility index (Phi) is 5.00. The van der Waals surface area contributed by atoms with Crippen LogP contribution in [0.5, 0.6) is 0 Å². The van der Waals surface area contributed by atoms with Gasteiger partial charge in [0.25, 0.3) is 6.43 Å². The van der Waals surface area contributed by atoms with E-state index in [0.29, 0.717) is 6.42 Å². The summed E-state index contributed by atoms with van der Waals surface area (Å²) in [5.74, 6) is 0. The molecule has 0 amide bonds. The number of hydrogen-bond donors (Lipinski definition) is 1. The third-order valence-electron chi connectivity index (χ3n) is 1.58. The molecule has 0 aliphatic heterocycles. The molecule has 1 heterocycles. The van der Waals surface area contributed by atoms with Crippen molar-refractivity contribution in [1.82, 2.24) is 10.2 Å². The van der Waals surface area contributed by atoms with Crippen LogP contribution < -0.4 is 5.73 Å². The SMILES string of the molecule is CC(N)c1nnc(CCOCC(F)F)s1. The number of nitrogens with two attached hydrogens (primary N) is 1. The third-order valence-corrected chi connectivity index (χ3v) is 2.76. The van der Waals surface area contributed by atoms with E-state index in [9.17, 15) is 8.78 Å². The second-order valence-corrected chi connectivity index (χ2v) is 4.13. The van der Waals surface area contributed by atoms with E-state index < -0.39 is 13.0 Å². The Bertz CT molecular complexity index is 293. The first-order chi connectivity index (χ1) is 7.09. The van der Waals surface area contributed by atoms with Crippen LogP contribution >= 0.6 is 11.3 Å². The van der Waals surface area contributed by atoms with E-state index in [0.717, 1.165) is 10.0 Å². The number of halogens is 2. The first-order valence-corrected chi connectivity index (χ1v) is 5.35. The molecule has 4 nitrogen and oxygen atoms in total. The number of aromatic nitrogens is 2. The average Bonchev–Trinajstić information content (AvgIpc) is 2.60. The molecule has 1 aromatic rings. The minimum atomic E-state index is -2.42. The van der Waals surface area contributed by atoms with Crippen molar-refractivity contribution in [2.45, 2.75) is 25.8 Å². The molecule has 0 bridgehead atoms. The van der Waals surface area contributed by atoms with Gasteiger partial charge in [-0.05, 0) is 6.92 Å². The van der Waals surface area contributed by atoms with Gasteiger partial charge in [0.2, 0.25) is 0 Å². The second-order valence-electron chi connectivity index (χ2n) is 3.04. The van der Waals surface area contributed by atoms with Crippen LogP contribution in [0.4, 0.5) is 8.78 Å². The van der Waals surface area contributed by atoms with Gasteiger partial charge in [0, 0.05) is 6.42 Å². The van der Waals surface area contributed by atoms with Gasteiger partial charge in [-0.1, -0.05) is 11.3 Å². The molecule has 2 N–H and O–H groups in total. The fourth-order valence-electron chi connectivity index (χ4n) is 0.884. The van der Waals surface area contributed by atoms with E-state index in [2.05, 4.69) is 10.2 Å². The van der Waals surface area contributed by atoms with Gasteiger partial charge in [-0.2, -0.15) is 0 Å². The number of rotatable bonds is 6. The first kappa shape index (κ1) is 12.4. The van der Waals surface area contributed by atoms with E-state index in [4.69, 9.17) is 10.5 Å². The van der Waals surface area contributed by atoms with Gasteiger partial charge in [-0.25, -0.2) is 8.78 Å². The van der Waals surface area contributed by atoms with Gasteiger partial charge in [-0.3, -0.25) is 0 Å². The van der Waals surface area contributed by atoms with Gasteiger partial charge in [-0.15, -0.1) is 10.2 Å². The summed E-state index contributed by atoms with van der Waals surface area (Å²) < 4.78 is 28.1. The highest BCUT2D eigenvalue weighted by Crippen LogP contribution is 2.15. The summed E-state index contributed by atoms with van der Waals surface area (Å²) in [7, 11) is 0. The number of hydrogen-bond acceptors (Lipinski definition) is 5. The monoisotopic (exact) mass is 237 g/mol. The molecule has 0 aliphatic rings. The predicted molar refractivity (Wildman–Crippen MR) is 53.0 cm³/mol. The largest absolute Gasteiger partial charge is 0.375 e. The summed E-state index contributed by atoms with van der Waals surface area (Å²) >= 11 is 1.39. The van der Waals surface area contributed by atoms with E-state index in [-0.39, 0.29) is 12.6 Å². The van der Waals surface area contributed by atoms with Gasteiger partial charge in [0.15, 0.2) is 0 Å². The van der Waals surface area contributed by atoms with E-state index in [1.54, 1.807) is 0 Å². The van der Waals surface area contributed by atoms with Gasteiger partial charge >= 0.3 is 0 Å². The van der Waals surface area contributed by atoms with Crippen LogP contribution in [0.15, 0.2) is 0 Å². The van der Waals surface area contributed by atoms with Gasteiger partial charge < -0.3 is 10.5 Å². The Morgan fingerprint density at radius 2 is 2.20 bits per heavy atom. The van der Waals surface area contributed by atoms with Crippen molar-refractivity contribution in [3.05, 3.63) is 10.0 Å². The topological polar surface area (TPSA) is 61.0 Å². The Morgan fingerprint density at radius 1 is 1.47 bits per heavy atom. The molecule has 0 saturated carbocycles. The van der Waals surface area contributed by atoms with Crippen LogP contribution in [0.1, 0.15) is 23.0 Å². The Balaban J connectivity index is 2.26. The minimum Gasteiger partial charge on any atom is -0.375 e. The molecule has 86 valence electrons. The zero-order valence-corrected chi connectivity index (χ0v) is 9.14. The van der Waals surface area contributed by atoms with E-state index in [1.165, 1.54) is 11.3 Å². The molecule has 0 spiro atoms. The van der Waals surface area contributed by atoms with Crippen molar-refractivity contribution in [2.75, 3.05) is 13.2 Å². The van der Waals surface area contributed by atoms with Crippen LogP contribution in [-0.4, -0.2) is 29.8 Å². The zero-order valence-electron chi connectivity index (χ0n) is 8.32. The lowest BCUT2D eigenvalue weighted by Gasteiger charge is -2.00. The molecule has 1 unspecified atom stereocenters. The molecule has 15 heavy (non-hydrogen) atoms. The molecule has 0 fully saturated rings. The molecule has 7 heteroatoms. The van der Waals surface area contributed by atoms with E-state index in [1.807, 2.05) is 6.92 Å². The standard InChI is InChI=1S/C8H13F2N3OS/c1-5(11)8-13-12-7(15-8)2-3-14-4-6(9)10/h5-6H,2-4,11H2,1H3. The highest BCUT2D eigenvalue weighted by molar-refractivity contribution is 7.11. The van der Waals surface area contributed by atoms with Crippen molar-refractivity contribution in [2.24, 2.45) is 5.73 Å². The summed E-state index contributed by atoms with van der Waals surface area (Å²) in [5, 5.41) is 9.25. The molecule has 0 aromatic carbocycles. The van der Waals surface area contributed by atoms with Crippen LogP contribution in [-0.2, 0) is 11.2 Å². The van der Waals surface area contributed by atoms with Crippen LogP contribution in [0, 0.1) is 0 Å². The van der Waals surface area contributed by atoms with Gasteiger partial charge in [0.1, 0.15) is 16.6 Å². The quantitative estimate of drug-likeness (QED) is 0.759. The van der Waals surface area contributed by atoms with Crippen LogP contribution in [0.2, 0.25) is 0 Å². The Morgan fingerprint density at radius 3 is 2.73 bits per heavy atom. The highest BCUT2D eigenvalue weighted by Gasteiger charge is 2.08. The Hall–Kier alpha value is -0.660. The molecular formula is C8H13F2N3OS. The third kappa shape index (κ3) is 4.59. The number of nitrogens with zero attached hydrogens (tertiary/aromatic N) is 2. The molecule has 0 saturated heterocycles. The van der Waals surface area contributed by atoms with Crippen molar-refractivity contribution in [1.29, 1.82) is 0 Å². The first-order valence-electron chi connectivity index (χ1n) is 4.53. The molecule has 1 aromatic heterocycles. The van der Waals surface area contributed by atoms with Gasteiger partial charge in [0.05, 0.1) is 12.6 Å². The second kappa shape index (κ2) is 6.04. The zero-order chi connectivity index (χ0) is 11.3. The summed E-state index contributed by atoms with van der Waals surface area (Å²) in [6.45, 7) is 1.52. The number of ether oxygens (including phenoxy) is 1. The lowest BCUT2D eigenvalue weighted by molar-refractivity contribution is 0.0186. The molecule has 0 aliphatic carbocycles.